The highest BCUT2D eigenvalue weighted by atomic mass is 35.5. The maximum atomic E-state index is 12.5. The van der Waals surface area contributed by atoms with E-state index >= 15 is 0 Å². The van der Waals surface area contributed by atoms with E-state index in [1.807, 2.05) is 54.6 Å². The van der Waals surface area contributed by atoms with Gasteiger partial charge in [0.15, 0.2) is 5.78 Å². The third kappa shape index (κ3) is 4.97. The van der Waals surface area contributed by atoms with Crippen LogP contribution >= 0.6 is 11.6 Å². The molecule has 2 nitrogen and oxygen atoms in total. The molecule has 0 spiro atoms. The lowest BCUT2D eigenvalue weighted by Crippen LogP contribution is -2.25. The fraction of sp³-hybridized carbons (Fsp3) is 0.316. The number of carbonyl (C=O) groups is 1. The summed E-state index contributed by atoms with van der Waals surface area (Å²) in [6, 6.07) is 17.2. The number of ketones is 1. The SMILES string of the molecule is CCCCNC(CC(=O)c1ccccc1)c1ccc(Cl)cc1. The van der Waals surface area contributed by atoms with E-state index in [1.54, 1.807) is 0 Å². The van der Waals surface area contributed by atoms with E-state index in [2.05, 4.69) is 12.2 Å². The minimum Gasteiger partial charge on any atom is -0.310 e. The van der Waals surface area contributed by atoms with Gasteiger partial charge in [-0.15, -0.1) is 0 Å². The zero-order valence-electron chi connectivity index (χ0n) is 12.9. The van der Waals surface area contributed by atoms with Crippen LogP contribution in [0.3, 0.4) is 0 Å². The highest BCUT2D eigenvalue weighted by Crippen LogP contribution is 2.21. The van der Waals surface area contributed by atoms with Crippen LogP contribution in [0.4, 0.5) is 0 Å². The minimum atomic E-state index is 0.0246. The molecule has 0 aliphatic carbocycles. The van der Waals surface area contributed by atoms with Crippen LogP contribution in [0.25, 0.3) is 0 Å². The zero-order valence-corrected chi connectivity index (χ0v) is 13.6. The molecule has 0 heterocycles. The van der Waals surface area contributed by atoms with Crippen LogP contribution in [0.2, 0.25) is 5.02 Å². The van der Waals surface area contributed by atoms with Gasteiger partial charge in [-0.1, -0.05) is 67.4 Å². The first-order chi connectivity index (χ1) is 10.7. The Bertz CT molecular complexity index is 580. The fourth-order valence-electron chi connectivity index (χ4n) is 2.38. The molecule has 0 bridgehead atoms. The van der Waals surface area contributed by atoms with Gasteiger partial charge in [-0.05, 0) is 30.7 Å². The van der Waals surface area contributed by atoms with E-state index in [1.165, 1.54) is 0 Å². The molecule has 1 atom stereocenters. The molecular formula is C19H22ClNO. The Hall–Kier alpha value is -1.64. The molecule has 0 fully saturated rings. The molecule has 3 heteroatoms. The van der Waals surface area contributed by atoms with Gasteiger partial charge in [0.25, 0.3) is 0 Å². The summed E-state index contributed by atoms with van der Waals surface area (Å²) in [5.74, 6) is 0.157. The molecule has 2 rings (SSSR count). The van der Waals surface area contributed by atoms with Crippen molar-refractivity contribution in [2.45, 2.75) is 32.2 Å². The summed E-state index contributed by atoms with van der Waals surface area (Å²) < 4.78 is 0. The van der Waals surface area contributed by atoms with Gasteiger partial charge in [-0.2, -0.15) is 0 Å². The highest BCUT2D eigenvalue weighted by molar-refractivity contribution is 6.30. The van der Waals surface area contributed by atoms with Crippen LogP contribution in [0, 0.1) is 0 Å². The summed E-state index contributed by atoms with van der Waals surface area (Å²) in [7, 11) is 0. The first kappa shape index (κ1) is 16.7. The summed E-state index contributed by atoms with van der Waals surface area (Å²) in [4.78, 5) is 12.5. The van der Waals surface area contributed by atoms with Crippen molar-refractivity contribution < 1.29 is 4.79 Å². The monoisotopic (exact) mass is 315 g/mol. The molecule has 2 aromatic rings. The van der Waals surface area contributed by atoms with Crippen molar-refractivity contribution in [3.63, 3.8) is 0 Å². The Morgan fingerprint density at radius 1 is 1.09 bits per heavy atom. The molecule has 0 aromatic heterocycles. The van der Waals surface area contributed by atoms with Crippen LogP contribution in [0.15, 0.2) is 54.6 Å². The first-order valence-electron chi connectivity index (χ1n) is 7.77. The topological polar surface area (TPSA) is 29.1 Å². The zero-order chi connectivity index (χ0) is 15.8. The molecule has 0 aliphatic heterocycles. The quantitative estimate of drug-likeness (QED) is 0.546. The second-order valence-electron chi connectivity index (χ2n) is 5.41. The maximum absolute atomic E-state index is 12.5. The number of hydrogen-bond acceptors (Lipinski definition) is 2. The normalized spacial score (nSPS) is 12.1. The lowest BCUT2D eigenvalue weighted by molar-refractivity contribution is 0.0968. The highest BCUT2D eigenvalue weighted by Gasteiger charge is 2.16. The van der Waals surface area contributed by atoms with Crippen molar-refractivity contribution in [2.24, 2.45) is 0 Å². The summed E-state index contributed by atoms with van der Waals surface area (Å²) >= 11 is 5.96. The summed E-state index contributed by atoms with van der Waals surface area (Å²) in [5, 5.41) is 4.21. The molecule has 116 valence electrons. The van der Waals surface area contributed by atoms with Crippen LogP contribution in [0.5, 0.6) is 0 Å². The van der Waals surface area contributed by atoms with E-state index in [0.29, 0.717) is 11.4 Å². The smallest absolute Gasteiger partial charge is 0.164 e. The Morgan fingerprint density at radius 2 is 1.77 bits per heavy atom. The average molecular weight is 316 g/mol. The van der Waals surface area contributed by atoms with Gasteiger partial charge in [0.1, 0.15) is 0 Å². The minimum absolute atomic E-state index is 0.0246. The predicted molar refractivity (Wildman–Crippen MR) is 92.5 cm³/mol. The second kappa shape index (κ2) is 8.72. The number of halogens is 1. The fourth-order valence-corrected chi connectivity index (χ4v) is 2.51. The van der Waals surface area contributed by atoms with Gasteiger partial charge in [-0.3, -0.25) is 4.79 Å². The molecule has 0 radical (unpaired) electrons. The van der Waals surface area contributed by atoms with Gasteiger partial charge < -0.3 is 5.32 Å². The van der Waals surface area contributed by atoms with Crippen LogP contribution in [-0.2, 0) is 0 Å². The van der Waals surface area contributed by atoms with Gasteiger partial charge in [0.05, 0.1) is 0 Å². The lowest BCUT2D eigenvalue weighted by atomic mass is 9.98. The van der Waals surface area contributed by atoms with Gasteiger partial charge in [-0.25, -0.2) is 0 Å². The largest absolute Gasteiger partial charge is 0.310 e. The Labute approximate surface area is 137 Å². The summed E-state index contributed by atoms with van der Waals surface area (Å²) in [6.07, 6.45) is 2.69. The number of nitrogens with one attached hydrogen (secondary N) is 1. The van der Waals surface area contributed by atoms with Crippen molar-refractivity contribution >= 4 is 17.4 Å². The van der Waals surface area contributed by atoms with Crippen molar-refractivity contribution in [1.82, 2.24) is 5.32 Å². The third-order valence-corrected chi connectivity index (χ3v) is 3.93. The summed E-state index contributed by atoms with van der Waals surface area (Å²) in [6.45, 7) is 3.07. The van der Waals surface area contributed by atoms with Crippen molar-refractivity contribution in [3.05, 3.63) is 70.7 Å². The van der Waals surface area contributed by atoms with Crippen LogP contribution in [-0.4, -0.2) is 12.3 Å². The van der Waals surface area contributed by atoms with E-state index in [0.717, 1.165) is 30.5 Å². The Morgan fingerprint density at radius 3 is 2.41 bits per heavy atom. The number of unbranched alkanes of at least 4 members (excludes halogenated alkanes) is 1. The molecule has 1 unspecified atom stereocenters. The van der Waals surface area contributed by atoms with E-state index in [-0.39, 0.29) is 11.8 Å². The van der Waals surface area contributed by atoms with E-state index in [4.69, 9.17) is 11.6 Å². The molecule has 0 aliphatic rings. The van der Waals surface area contributed by atoms with Crippen LogP contribution in [0.1, 0.15) is 48.1 Å². The molecule has 0 amide bonds. The number of hydrogen-bond donors (Lipinski definition) is 1. The molecule has 2 aromatic carbocycles. The van der Waals surface area contributed by atoms with Crippen molar-refractivity contribution in [3.8, 4) is 0 Å². The van der Waals surface area contributed by atoms with Crippen LogP contribution < -0.4 is 5.32 Å². The number of benzene rings is 2. The molecule has 22 heavy (non-hydrogen) atoms. The summed E-state index contributed by atoms with van der Waals surface area (Å²) in [5.41, 5.74) is 1.86. The molecule has 1 N–H and O–H groups in total. The Balaban J connectivity index is 2.10. The lowest BCUT2D eigenvalue weighted by Gasteiger charge is -2.19. The van der Waals surface area contributed by atoms with E-state index in [9.17, 15) is 4.79 Å². The average Bonchev–Trinajstić information content (AvgIpc) is 2.55. The number of carbonyl (C=O) groups excluding carboxylic acids is 1. The van der Waals surface area contributed by atoms with Gasteiger partial charge >= 0.3 is 0 Å². The molecule has 0 saturated carbocycles. The Kier molecular flexibility index (Phi) is 6.63. The number of rotatable bonds is 8. The van der Waals surface area contributed by atoms with Crippen molar-refractivity contribution in [2.75, 3.05) is 6.54 Å². The number of Topliss-reactive ketones (excluding diaryl/α,β-unsaturated/α-hetero) is 1. The van der Waals surface area contributed by atoms with Gasteiger partial charge in [0, 0.05) is 23.0 Å². The molecule has 0 saturated heterocycles. The first-order valence-corrected chi connectivity index (χ1v) is 8.15. The standard InChI is InChI=1S/C19H22ClNO/c1-2-3-13-21-18(15-9-11-17(20)12-10-15)14-19(22)16-7-5-4-6-8-16/h4-12,18,21H,2-3,13-14H2,1H3. The van der Waals surface area contributed by atoms with Crippen molar-refractivity contribution in [1.29, 1.82) is 0 Å². The third-order valence-electron chi connectivity index (χ3n) is 3.68. The maximum Gasteiger partial charge on any atom is 0.164 e. The second-order valence-corrected chi connectivity index (χ2v) is 5.84. The predicted octanol–water partition coefficient (Wildman–Crippen LogP) is 5.04. The van der Waals surface area contributed by atoms with Gasteiger partial charge in [0.2, 0.25) is 0 Å². The molecular weight excluding hydrogens is 294 g/mol. The van der Waals surface area contributed by atoms with E-state index < -0.39 is 0 Å².